The van der Waals surface area contributed by atoms with E-state index in [9.17, 15) is 18.0 Å². The third-order valence-electron chi connectivity index (χ3n) is 5.53. The molecule has 1 N–H and O–H groups in total. The fourth-order valence-corrected chi connectivity index (χ4v) is 5.64. The SMILES string of the molecule is O=C(NCC(=O)N1CCN(S(=O)(=O)c2ccc3ccccc3c2)CC1)c1ccc(Cl)cc1Cl. The third-order valence-corrected chi connectivity index (χ3v) is 7.97. The van der Waals surface area contributed by atoms with Gasteiger partial charge in [-0.2, -0.15) is 4.31 Å². The molecule has 4 rings (SSSR count). The van der Waals surface area contributed by atoms with E-state index >= 15 is 0 Å². The van der Waals surface area contributed by atoms with Crippen LogP contribution in [0.1, 0.15) is 10.4 Å². The first-order valence-corrected chi connectivity index (χ1v) is 12.5. The van der Waals surface area contributed by atoms with Crippen molar-refractivity contribution in [3.8, 4) is 0 Å². The van der Waals surface area contributed by atoms with Crippen LogP contribution in [-0.2, 0) is 14.8 Å². The van der Waals surface area contributed by atoms with Gasteiger partial charge in [-0.25, -0.2) is 8.42 Å². The van der Waals surface area contributed by atoms with Crippen LogP contribution in [-0.4, -0.2) is 62.2 Å². The highest BCUT2D eigenvalue weighted by molar-refractivity contribution is 7.89. The molecule has 1 aliphatic rings. The van der Waals surface area contributed by atoms with Crippen molar-refractivity contribution in [2.24, 2.45) is 0 Å². The number of hydrogen-bond donors (Lipinski definition) is 1. The molecule has 3 aromatic carbocycles. The number of nitrogens with one attached hydrogen (secondary N) is 1. The van der Waals surface area contributed by atoms with Gasteiger partial charge in [0.15, 0.2) is 0 Å². The molecule has 7 nitrogen and oxygen atoms in total. The van der Waals surface area contributed by atoms with E-state index in [1.807, 2.05) is 24.3 Å². The van der Waals surface area contributed by atoms with E-state index in [2.05, 4.69) is 5.32 Å². The molecule has 33 heavy (non-hydrogen) atoms. The second-order valence-corrected chi connectivity index (χ2v) is 10.4. The van der Waals surface area contributed by atoms with Crippen molar-refractivity contribution >= 4 is 55.8 Å². The van der Waals surface area contributed by atoms with E-state index in [-0.39, 0.29) is 54.1 Å². The van der Waals surface area contributed by atoms with Crippen molar-refractivity contribution in [3.63, 3.8) is 0 Å². The van der Waals surface area contributed by atoms with Gasteiger partial charge in [0.25, 0.3) is 5.91 Å². The molecule has 10 heteroatoms. The Morgan fingerprint density at radius 3 is 2.27 bits per heavy atom. The Balaban J connectivity index is 1.34. The molecule has 1 heterocycles. The van der Waals surface area contributed by atoms with Crippen molar-refractivity contribution in [2.75, 3.05) is 32.7 Å². The zero-order chi connectivity index (χ0) is 23.6. The standard InChI is InChI=1S/C23H21Cl2N3O4S/c24-18-6-8-20(21(25)14-18)23(30)26-15-22(29)27-9-11-28(12-10-27)33(31,32)19-7-5-16-3-1-2-4-17(16)13-19/h1-8,13-14H,9-12,15H2,(H,26,30). The van der Waals surface area contributed by atoms with Crippen molar-refractivity contribution in [1.29, 1.82) is 0 Å². The van der Waals surface area contributed by atoms with Gasteiger partial charge in [0.1, 0.15) is 0 Å². The Hall–Kier alpha value is -2.65. The number of amides is 2. The lowest BCUT2D eigenvalue weighted by Crippen LogP contribution is -2.52. The largest absolute Gasteiger partial charge is 0.343 e. The lowest BCUT2D eigenvalue weighted by atomic mass is 10.1. The van der Waals surface area contributed by atoms with Crippen LogP contribution in [0.4, 0.5) is 0 Å². The number of hydrogen-bond acceptors (Lipinski definition) is 4. The number of carbonyl (C=O) groups excluding carboxylic acids is 2. The Morgan fingerprint density at radius 1 is 0.879 bits per heavy atom. The predicted octanol–water partition coefficient (Wildman–Crippen LogP) is 3.41. The van der Waals surface area contributed by atoms with E-state index in [4.69, 9.17) is 23.2 Å². The Bertz CT molecular complexity index is 1320. The van der Waals surface area contributed by atoms with Gasteiger partial charge >= 0.3 is 0 Å². The van der Waals surface area contributed by atoms with Gasteiger partial charge in [-0.05, 0) is 41.1 Å². The summed E-state index contributed by atoms with van der Waals surface area (Å²) < 4.78 is 27.5. The minimum Gasteiger partial charge on any atom is -0.343 e. The molecule has 0 aliphatic carbocycles. The number of piperazine rings is 1. The molecule has 3 aromatic rings. The number of halogens is 2. The summed E-state index contributed by atoms with van der Waals surface area (Å²) in [6.07, 6.45) is 0. The van der Waals surface area contributed by atoms with Crippen molar-refractivity contribution < 1.29 is 18.0 Å². The molecule has 0 aromatic heterocycles. The van der Waals surface area contributed by atoms with Crippen molar-refractivity contribution in [1.82, 2.24) is 14.5 Å². The monoisotopic (exact) mass is 505 g/mol. The molecular formula is C23H21Cl2N3O4S. The molecule has 0 atom stereocenters. The van der Waals surface area contributed by atoms with Crippen LogP contribution in [0.3, 0.4) is 0 Å². The number of rotatable bonds is 5. The minimum atomic E-state index is -3.67. The van der Waals surface area contributed by atoms with Crippen molar-refractivity contribution in [3.05, 3.63) is 76.3 Å². The first-order chi connectivity index (χ1) is 15.8. The fourth-order valence-electron chi connectivity index (χ4n) is 3.69. The van der Waals surface area contributed by atoms with Gasteiger partial charge in [0, 0.05) is 31.2 Å². The molecule has 0 unspecified atom stereocenters. The molecule has 2 amide bonds. The molecule has 0 spiro atoms. The van der Waals surface area contributed by atoms with Crippen LogP contribution in [0.15, 0.2) is 65.6 Å². The van der Waals surface area contributed by atoms with E-state index in [0.29, 0.717) is 5.02 Å². The summed E-state index contributed by atoms with van der Waals surface area (Å²) in [7, 11) is -3.67. The minimum absolute atomic E-state index is 0.178. The lowest BCUT2D eigenvalue weighted by molar-refractivity contribution is -0.131. The van der Waals surface area contributed by atoms with Crippen LogP contribution in [0.25, 0.3) is 10.8 Å². The number of sulfonamides is 1. The molecule has 1 fully saturated rings. The highest BCUT2D eigenvalue weighted by Gasteiger charge is 2.30. The second-order valence-electron chi connectivity index (χ2n) is 7.60. The topological polar surface area (TPSA) is 86.8 Å². The van der Waals surface area contributed by atoms with Crippen LogP contribution in [0.5, 0.6) is 0 Å². The summed E-state index contributed by atoms with van der Waals surface area (Å²) >= 11 is 11.9. The molecule has 0 saturated carbocycles. The summed E-state index contributed by atoms with van der Waals surface area (Å²) in [5.74, 6) is -0.779. The fraction of sp³-hybridized carbons (Fsp3) is 0.217. The van der Waals surface area contributed by atoms with Crippen LogP contribution in [0.2, 0.25) is 10.0 Å². The normalized spacial score (nSPS) is 14.9. The van der Waals surface area contributed by atoms with E-state index in [0.717, 1.165) is 10.8 Å². The molecular weight excluding hydrogens is 485 g/mol. The summed E-state index contributed by atoms with van der Waals surface area (Å²) in [5, 5.41) is 4.97. The number of benzene rings is 3. The lowest BCUT2D eigenvalue weighted by Gasteiger charge is -2.34. The summed E-state index contributed by atoms with van der Waals surface area (Å²) in [5.41, 5.74) is 0.222. The van der Waals surface area contributed by atoms with Crippen molar-refractivity contribution in [2.45, 2.75) is 4.90 Å². The van der Waals surface area contributed by atoms with Crippen LogP contribution in [0, 0.1) is 0 Å². The smallest absolute Gasteiger partial charge is 0.253 e. The molecule has 172 valence electrons. The first-order valence-electron chi connectivity index (χ1n) is 10.3. The summed E-state index contributed by atoms with van der Waals surface area (Å²) in [6, 6.07) is 17.1. The van der Waals surface area contributed by atoms with Gasteiger partial charge < -0.3 is 10.2 Å². The zero-order valence-corrected chi connectivity index (χ0v) is 19.8. The van der Waals surface area contributed by atoms with Gasteiger partial charge in [-0.3, -0.25) is 9.59 Å². The zero-order valence-electron chi connectivity index (χ0n) is 17.5. The molecule has 1 saturated heterocycles. The highest BCUT2D eigenvalue weighted by Crippen LogP contribution is 2.23. The Kier molecular flexibility index (Phi) is 6.90. The van der Waals surface area contributed by atoms with Crippen LogP contribution >= 0.6 is 23.2 Å². The summed E-state index contributed by atoms with van der Waals surface area (Å²) in [6.45, 7) is 0.622. The second kappa shape index (κ2) is 9.69. The quantitative estimate of drug-likeness (QED) is 0.575. The Labute approximate surface area is 201 Å². The van der Waals surface area contributed by atoms with Gasteiger partial charge in [-0.15, -0.1) is 0 Å². The third kappa shape index (κ3) is 5.14. The number of nitrogens with zero attached hydrogens (tertiary/aromatic N) is 2. The molecule has 1 aliphatic heterocycles. The average Bonchev–Trinajstić information content (AvgIpc) is 2.82. The maximum Gasteiger partial charge on any atom is 0.253 e. The maximum absolute atomic E-state index is 13.1. The van der Waals surface area contributed by atoms with E-state index in [1.54, 1.807) is 24.3 Å². The highest BCUT2D eigenvalue weighted by atomic mass is 35.5. The van der Waals surface area contributed by atoms with E-state index < -0.39 is 15.9 Å². The maximum atomic E-state index is 13.1. The van der Waals surface area contributed by atoms with Gasteiger partial charge in [0.2, 0.25) is 15.9 Å². The first kappa shape index (κ1) is 23.5. The predicted molar refractivity (Wildman–Crippen MR) is 128 cm³/mol. The van der Waals surface area contributed by atoms with E-state index in [1.165, 1.54) is 21.3 Å². The van der Waals surface area contributed by atoms with Crippen LogP contribution < -0.4 is 5.32 Å². The summed E-state index contributed by atoms with van der Waals surface area (Å²) in [4.78, 5) is 26.6. The molecule has 0 radical (unpaired) electrons. The van der Waals surface area contributed by atoms with Gasteiger partial charge in [0.05, 0.1) is 22.0 Å². The molecule has 0 bridgehead atoms. The number of fused-ring (bicyclic) bond motifs is 1. The van der Waals surface area contributed by atoms with Gasteiger partial charge in [-0.1, -0.05) is 53.5 Å². The average molecular weight is 506 g/mol. The number of carbonyl (C=O) groups is 2. The Morgan fingerprint density at radius 2 is 1.58 bits per heavy atom.